The van der Waals surface area contributed by atoms with Crippen LogP contribution in [0, 0.1) is 17.3 Å². The predicted molar refractivity (Wildman–Crippen MR) is 89.3 cm³/mol. The van der Waals surface area contributed by atoms with Gasteiger partial charge in [0.1, 0.15) is 0 Å². The van der Waals surface area contributed by atoms with Gasteiger partial charge >= 0.3 is 0 Å². The summed E-state index contributed by atoms with van der Waals surface area (Å²) in [7, 11) is -1.34. The van der Waals surface area contributed by atoms with Crippen molar-refractivity contribution >= 4 is 13.9 Å². The maximum absolute atomic E-state index is 12.8. The smallest absolute Gasteiger partial charge is 0.184 e. The Labute approximate surface area is 124 Å². The van der Waals surface area contributed by atoms with E-state index in [1.807, 2.05) is 6.92 Å². The van der Waals surface area contributed by atoms with Gasteiger partial charge in [0.05, 0.1) is 8.07 Å². The highest BCUT2D eigenvalue weighted by Crippen LogP contribution is 2.50. The molecule has 2 aliphatic rings. The van der Waals surface area contributed by atoms with E-state index in [1.165, 1.54) is 5.57 Å². The summed E-state index contributed by atoms with van der Waals surface area (Å²) in [5, 5.41) is 0. The first-order chi connectivity index (χ1) is 9.01. The Morgan fingerprint density at radius 1 is 1.35 bits per heavy atom. The molecule has 2 bridgehead atoms. The largest absolute Gasteiger partial charge is 0.289 e. The number of allylic oxidation sites excluding steroid dienone is 5. The van der Waals surface area contributed by atoms with Crippen LogP contribution in [0.3, 0.4) is 0 Å². The van der Waals surface area contributed by atoms with Crippen LogP contribution in [0.15, 0.2) is 34.6 Å². The van der Waals surface area contributed by atoms with Crippen LogP contribution in [0.25, 0.3) is 0 Å². The van der Waals surface area contributed by atoms with E-state index in [9.17, 15) is 4.79 Å². The first-order valence-corrected chi connectivity index (χ1v) is 11.2. The van der Waals surface area contributed by atoms with Gasteiger partial charge in [-0.15, -0.1) is 0 Å². The third-order valence-electron chi connectivity index (χ3n) is 4.62. The van der Waals surface area contributed by atoms with Crippen LogP contribution in [0.2, 0.25) is 19.6 Å². The van der Waals surface area contributed by atoms with Gasteiger partial charge in [-0.1, -0.05) is 56.9 Å². The second kappa shape index (κ2) is 4.83. The molecule has 0 unspecified atom stereocenters. The number of fused-ring (bicyclic) bond motifs is 2. The highest BCUT2D eigenvalue weighted by atomic mass is 28.3. The number of carbonyl (C=O) groups excluding carboxylic acids is 1. The molecule has 0 fully saturated rings. The highest BCUT2D eigenvalue weighted by molar-refractivity contribution is 6.81. The molecule has 0 aromatic rings. The van der Waals surface area contributed by atoms with Crippen LogP contribution in [0.1, 0.15) is 34.1 Å². The highest BCUT2D eigenvalue weighted by Gasteiger charge is 2.42. The number of hydrogen-bond acceptors (Lipinski definition) is 1. The van der Waals surface area contributed by atoms with E-state index < -0.39 is 8.07 Å². The Morgan fingerprint density at radius 3 is 2.50 bits per heavy atom. The van der Waals surface area contributed by atoms with E-state index in [2.05, 4.69) is 58.3 Å². The quantitative estimate of drug-likeness (QED) is 0.409. The minimum atomic E-state index is -1.34. The van der Waals surface area contributed by atoms with E-state index in [4.69, 9.17) is 0 Å². The van der Waals surface area contributed by atoms with Gasteiger partial charge in [-0.3, -0.25) is 4.79 Å². The SMILES string of the molecule is CC1=CC(C)(C)[C@@H]2C=C(C(=O)/C(C)=C/[Si](C)(C)C)[C@H]1C2. The molecule has 0 aromatic carbocycles. The molecule has 2 aliphatic carbocycles. The van der Waals surface area contributed by atoms with Gasteiger partial charge in [0.2, 0.25) is 0 Å². The Balaban J connectivity index is 2.33. The van der Waals surface area contributed by atoms with Crippen molar-refractivity contribution < 1.29 is 4.79 Å². The Kier molecular flexibility index (Phi) is 3.75. The molecule has 110 valence electrons. The fourth-order valence-corrected chi connectivity index (χ4v) is 5.13. The van der Waals surface area contributed by atoms with E-state index in [1.54, 1.807) is 0 Å². The van der Waals surface area contributed by atoms with Crippen LogP contribution in [-0.2, 0) is 4.79 Å². The summed E-state index contributed by atoms with van der Waals surface area (Å²) in [6, 6.07) is 0. The Morgan fingerprint density at radius 2 is 1.95 bits per heavy atom. The molecule has 0 aromatic heterocycles. The van der Waals surface area contributed by atoms with Gasteiger partial charge in [-0.05, 0) is 37.2 Å². The summed E-state index contributed by atoms with van der Waals surface area (Å²) in [6.45, 7) is 15.6. The average Bonchev–Trinajstić information content (AvgIpc) is 2.65. The summed E-state index contributed by atoms with van der Waals surface area (Å²) in [6.07, 6.45) is 5.76. The third-order valence-corrected chi connectivity index (χ3v) is 5.92. The van der Waals surface area contributed by atoms with E-state index in [-0.39, 0.29) is 11.2 Å². The minimum absolute atomic E-state index is 0.193. The topological polar surface area (TPSA) is 17.1 Å². The maximum atomic E-state index is 12.8. The molecule has 0 heterocycles. The second-order valence-electron chi connectivity index (χ2n) is 8.25. The lowest BCUT2D eigenvalue weighted by Gasteiger charge is -2.33. The molecule has 0 saturated heterocycles. The first-order valence-electron chi connectivity index (χ1n) is 7.66. The fourth-order valence-electron chi connectivity index (χ4n) is 3.70. The average molecular weight is 289 g/mol. The zero-order chi connectivity index (χ0) is 15.3. The van der Waals surface area contributed by atoms with E-state index in [0.29, 0.717) is 11.8 Å². The summed E-state index contributed by atoms with van der Waals surface area (Å²) < 4.78 is 0. The van der Waals surface area contributed by atoms with Crippen molar-refractivity contribution in [3.63, 3.8) is 0 Å². The predicted octanol–water partition coefficient (Wildman–Crippen LogP) is 4.93. The van der Waals surface area contributed by atoms with E-state index in [0.717, 1.165) is 17.6 Å². The second-order valence-corrected chi connectivity index (χ2v) is 13.3. The molecule has 2 atom stereocenters. The monoisotopic (exact) mass is 288 g/mol. The Bertz CT molecular complexity index is 526. The number of Topliss-reactive ketones (excluding diaryl/α,β-unsaturated/α-hetero) is 1. The van der Waals surface area contributed by atoms with Crippen molar-refractivity contribution in [3.05, 3.63) is 34.6 Å². The van der Waals surface area contributed by atoms with Gasteiger partial charge in [-0.2, -0.15) is 0 Å². The molecule has 1 nitrogen and oxygen atoms in total. The summed E-state index contributed by atoms with van der Waals surface area (Å²) in [5.74, 6) is 1.17. The molecule has 0 amide bonds. The van der Waals surface area contributed by atoms with Crippen LogP contribution >= 0.6 is 0 Å². The van der Waals surface area contributed by atoms with Crippen LogP contribution < -0.4 is 0 Å². The van der Waals surface area contributed by atoms with E-state index >= 15 is 0 Å². The van der Waals surface area contributed by atoms with Crippen molar-refractivity contribution in [2.45, 2.75) is 53.8 Å². The lowest BCUT2D eigenvalue weighted by molar-refractivity contribution is -0.112. The molecule has 0 N–H and O–H groups in total. The summed E-state index contributed by atoms with van der Waals surface area (Å²) in [4.78, 5) is 12.8. The molecular weight excluding hydrogens is 260 g/mol. The lowest BCUT2D eigenvalue weighted by atomic mass is 9.71. The molecule has 0 radical (unpaired) electrons. The maximum Gasteiger partial charge on any atom is 0.184 e. The van der Waals surface area contributed by atoms with Crippen LogP contribution in [0.5, 0.6) is 0 Å². The molecule has 2 heteroatoms. The molecule has 0 saturated carbocycles. The first kappa shape index (κ1) is 15.5. The van der Waals surface area contributed by atoms with Crippen molar-refractivity contribution in [1.29, 1.82) is 0 Å². The molecule has 0 aliphatic heterocycles. The molecule has 0 spiro atoms. The number of hydrogen-bond donors (Lipinski definition) is 0. The van der Waals surface area contributed by atoms with Gasteiger partial charge < -0.3 is 0 Å². The minimum Gasteiger partial charge on any atom is -0.289 e. The zero-order valence-corrected chi connectivity index (χ0v) is 15.0. The third kappa shape index (κ3) is 2.90. The standard InChI is InChI=1S/C18H28OSi/c1-12-10-18(3,4)14-8-15(12)16(9-14)17(19)13(2)11-20(5,6)7/h9-11,14-15H,8H2,1-7H3/b13-11+/t14-,15-/m0/s1. The number of rotatable bonds is 3. The fraction of sp³-hybridized carbons (Fsp3) is 0.611. The van der Waals surface area contributed by atoms with Gasteiger partial charge in [0.15, 0.2) is 5.78 Å². The zero-order valence-electron chi connectivity index (χ0n) is 14.0. The van der Waals surface area contributed by atoms with Crippen molar-refractivity contribution in [3.8, 4) is 0 Å². The van der Waals surface area contributed by atoms with Gasteiger partial charge in [0.25, 0.3) is 0 Å². The van der Waals surface area contributed by atoms with Crippen molar-refractivity contribution in [2.75, 3.05) is 0 Å². The molecule has 20 heavy (non-hydrogen) atoms. The summed E-state index contributed by atoms with van der Waals surface area (Å²) in [5.41, 5.74) is 5.82. The van der Waals surface area contributed by atoms with Gasteiger partial charge in [-0.25, -0.2) is 0 Å². The van der Waals surface area contributed by atoms with Crippen LogP contribution in [-0.4, -0.2) is 13.9 Å². The molecular formula is C18H28OSi. The number of carbonyl (C=O) groups is 1. The lowest BCUT2D eigenvalue weighted by Crippen LogP contribution is -2.25. The molecule has 2 rings (SSSR count). The van der Waals surface area contributed by atoms with Gasteiger partial charge in [0, 0.05) is 11.5 Å². The summed E-state index contributed by atoms with van der Waals surface area (Å²) >= 11 is 0. The number of ketones is 1. The normalized spacial score (nSPS) is 29.1. The van der Waals surface area contributed by atoms with Crippen molar-refractivity contribution in [1.82, 2.24) is 0 Å². The Hall–Kier alpha value is -0.893. The van der Waals surface area contributed by atoms with Crippen molar-refractivity contribution in [2.24, 2.45) is 17.3 Å². The van der Waals surface area contributed by atoms with Crippen LogP contribution in [0.4, 0.5) is 0 Å².